The molecule has 0 spiro atoms. The summed E-state index contributed by atoms with van der Waals surface area (Å²) in [6.07, 6.45) is 4.68. The van der Waals surface area contributed by atoms with Gasteiger partial charge in [-0.05, 0) is 12.8 Å². The molecule has 0 aromatic heterocycles. The Kier molecular flexibility index (Phi) is 4.72. The van der Waals surface area contributed by atoms with Crippen molar-refractivity contribution < 1.29 is 21.7 Å². The summed E-state index contributed by atoms with van der Waals surface area (Å²) >= 11 is 0. The van der Waals surface area contributed by atoms with Gasteiger partial charge in [0, 0.05) is 6.26 Å². The minimum atomic E-state index is -3.65. The molecule has 0 aromatic carbocycles. The van der Waals surface area contributed by atoms with Crippen molar-refractivity contribution in [3.63, 3.8) is 0 Å². The van der Waals surface area contributed by atoms with Crippen molar-refractivity contribution in [3.05, 3.63) is 0 Å². The zero-order valence-corrected chi connectivity index (χ0v) is 10.8. The molecule has 0 radical (unpaired) electrons. The Bertz CT molecular complexity index is 408. The molecule has 1 saturated carbocycles. The van der Waals surface area contributed by atoms with Gasteiger partial charge in [-0.15, -0.1) is 0 Å². The smallest absolute Gasteiger partial charge is 0.234 e. The van der Waals surface area contributed by atoms with Crippen LogP contribution in [0.2, 0.25) is 0 Å². The van der Waals surface area contributed by atoms with Crippen LogP contribution in [-0.4, -0.2) is 40.7 Å². The maximum atomic E-state index is 11.3. The molecule has 1 rings (SSSR count). The largest absolute Gasteiger partial charge is 0.284 e. The van der Waals surface area contributed by atoms with Crippen molar-refractivity contribution in [1.29, 1.82) is 0 Å². The molecule has 0 saturated heterocycles. The summed E-state index contributed by atoms with van der Waals surface area (Å²) in [6, 6.07) is 0. The minimum Gasteiger partial charge on any atom is -0.284 e. The molecular weight excluding hydrogens is 254 g/mol. The first-order chi connectivity index (χ1) is 7.29. The topological polar surface area (TPSA) is 89.5 Å². The summed E-state index contributed by atoms with van der Waals surface area (Å²) in [5, 5.41) is 0. The molecule has 1 N–H and O–H groups in total. The summed E-state index contributed by atoms with van der Waals surface area (Å²) in [6.45, 7) is 0. The lowest BCUT2D eigenvalue weighted by Gasteiger charge is -2.11. The van der Waals surface area contributed by atoms with Crippen molar-refractivity contribution in [2.45, 2.75) is 31.8 Å². The van der Waals surface area contributed by atoms with Gasteiger partial charge in [-0.1, -0.05) is 17.7 Å². The van der Waals surface area contributed by atoms with Gasteiger partial charge in [-0.2, -0.15) is 0 Å². The van der Waals surface area contributed by atoms with Crippen LogP contribution in [0.1, 0.15) is 25.7 Å². The first kappa shape index (κ1) is 13.9. The number of hydrogen-bond donors (Lipinski definition) is 1. The van der Waals surface area contributed by atoms with E-state index in [0.29, 0.717) is 0 Å². The minimum absolute atomic E-state index is 0.0759. The SMILES string of the molecule is CS(=O)(=O)CCS(=O)(=O)NOC1CCCC1. The van der Waals surface area contributed by atoms with Crippen LogP contribution in [-0.2, 0) is 24.7 Å². The van der Waals surface area contributed by atoms with Crippen LogP contribution < -0.4 is 4.89 Å². The summed E-state index contributed by atoms with van der Waals surface area (Å²) in [5.41, 5.74) is 0. The second kappa shape index (κ2) is 5.44. The van der Waals surface area contributed by atoms with E-state index in [0.717, 1.165) is 31.9 Å². The van der Waals surface area contributed by atoms with Crippen LogP contribution >= 0.6 is 0 Å². The van der Waals surface area contributed by atoms with Gasteiger partial charge in [0.05, 0.1) is 17.6 Å². The van der Waals surface area contributed by atoms with E-state index in [9.17, 15) is 16.8 Å². The number of rotatable bonds is 6. The van der Waals surface area contributed by atoms with Gasteiger partial charge in [0.1, 0.15) is 9.84 Å². The highest BCUT2D eigenvalue weighted by molar-refractivity contribution is 7.93. The Morgan fingerprint density at radius 1 is 1.12 bits per heavy atom. The second-order valence-corrected chi connectivity index (χ2v) is 8.12. The molecule has 0 heterocycles. The molecule has 0 aliphatic heterocycles. The van der Waals surface area contributed by atoms with Crippen molar-refractivity contribution in [1.82, 2.24) is 4.89 Å². The zero-order valence-electron chi connectivity index (χ0n) is 9.18. The van der Waals surface area contributed by atoms with Gasteiger partial charge in [0.25, 0.3) is 0 Å². The molecule has 0 atom stereocenters. The van der Waals surface area contributed by atoms with E-state index in [1.165, 1.54) is 0 Å². The first-order valence-corrected chi connectivity index (χ1v) is 8.83. The third kappa shape index (κ3) is 5.78. The summed E-state index contributed by atoms with van der Waals surface area (Å²) < 4.78 is 44.3. The van der Waals surface area contributed by atoms with Gasteiger partial charge in [-0.3, -0.25) is 4.84 Å². The monoisotopic (exact) mass is 271 g/mol. The van der Waals surface area contributed by atoms with Gasteiger partial charge in [0.15, 0.2) is 0 Å². The van der Waals surface area contributed by atoms with E-state index in [4.69, 9.17) is 4.84 Å². The van der Waals surface area contributed by atoms with Crippen molar-refractivity contribution in [2.75, 3.05) is 17.8 Å². The number of nitrogens with one attached hydrogen (secondary N) is 1. The maximum Gasteiger partial charge on any atom is 0.234 e. The van der Waals surface area contributed by atoms with E-state index >= 15 is 0 Å². The average molecular weight is 271 g/mol. The van der Waals surface area contributed by atoms with Crippen molar-refractivity contribution >= 4 is 19.9 Å². The third-order valence-corrected chi connectivity index (χ3v) is 4.66. The maximum absolute atomic E-state index is 11.3. The molecule has 8 heteroatoms. The molecule has 1 fully saturated rings. The van der Waals surface area contributed by atoms with Gasteiger partial charge >= 0.3 is 0 Å². The molecular formula is C8H17NO5S2. The fourth-order valence-corrected chi connectivity index (χ4v) is 3.90. The second-order valence-electron chi connectivity index (χ2n) is 4.06. The molecule has 0 bridgehead atoms. The Morgan fingerprint density at radius 3 is 2.19 bits per heavy atom. The molecule has 0 amide bonds. The zero-order chi connectivity index (χ0) is 12.2. The lowest BCUT2D eigenvalue weighted by molar-refractivity contribution is 0.0224. The van der Waals surface area contributed by atoms with Crippen LogP contribution in [0.4, 0.5) is 0 Å². The predicted octanol–water partition coefficient (Wildman–Crippen LogP) is -0.175. The molecule has 96 valence electrons. The Balaban J connectivity index is 2.33. The lowest BCUT2D eigenvalue weighted by atomic mass is 10.3. The number of sulfone groups is 1. The van der Waals surface area contributed by atoms with E-state index in [2.05, 4.69) is 0 Å². The Labute approximate surface area is 96.3 Å². The van der Waals surface area contributed by atoms with E-state index < -0.39 is 31.4 Å². The third-order valence-electron chi connectivity index (χ3n) is 2.37. The molecule has 0 unspecified atom stereocenters. The number of hydrogen-bond acceptors (Lipinski definition) is 5. The Hall–Kier alpha value is -0.180. The van der Waals surface area contributed by atoms with Crippen LogP contribution in [0, 0.1) is 0 Å². The van der Waals surface area contributed by atoms with Crippen LogP contribution in [0.3, 0.4) is 0 Å². The fraction of sp³-hybridized carbons (Fsp3) is 1.00. The summed E-state index contributed by atoms with van der Waals surface area (Å²) in [7, 11) is -6.92. The van der Waals surface area contributed by atoms with E-state index in [1.54, 1.807) is 0 Å². The predicted molar refractivity (Wildman–Crippen MR) is 60.0 cm³/mol. The van der Waals surface area contributed by atoms with E-state index in [1.807, 2.05) is 4.89 Å². The lowest BCUT2D eigenvalue weighted by Crippen LogP contribution is -2.32. The molecule has 16 heavy (non-hydrogen) atoms. The van der Waals surface area contributed by atoms with Crippen LogP contribution in [0.25, 0.3) is 0 Å². The van der Waals surface area contributed by atoms with Crippen LogP contribution in [0.15, 0.2) is 0 Å². The van der Waals surface area contributed by atoms with Crippen LogP contribution in [0.5, 0.6) is 0 Å². The number of sulfonamides is 1. The first-order valence-electron chi connectivity index (χ1n) is 5.11. The summed E-state index contributed by atoms with van der Waals surface area (Å²) in [4.78, 5) is 6.98. The highest BCUT2D eigenvalue weighted by atomic mass is 32.2. The van der Waals surface area contributed by atoms with Gasteiger partial charge < -0.3 is 0 Å². The van der Waals surface area contributed by atoms with Crippen molar-refractivity contribution in [3.8, 4) is 0 Å². The Morgan fingerprint density at radius 2 is 1.69 bits per heavy atom. The van der Waals surface area contributed by atoms with Gasteiger partial charge in [-0.25, -0.2) is 16.8 Å². The highest BCUT2D eigenvalue weighted by Gasteiger charge is 2.20. The fourth-order valence-electron chi connectivity index (χ4n) is 1.45. The normalized spacial score (nSPS) is 19.1. The summed E-state index contributed by atoms with van der Waals surface area (Å²) in [5.74, 6) is -0.852. The highest BCUT2D eigenvalue weighted by Crippen LogP contribution is 2.20. The molecule has 6 nitrogen and oxygen atoms in total. The standard InChI is InChI=1S/C8H17NO5S2/c1-15(10,11)6-7-16(12,13)9-14-8-4-2-3-5-8/h8-9H,2-7H2,1H3. The molecule has 0 aromatic rings. The molecule has 1 aliphatic carbocycles. The van der Waals surface area contributed by atoms with E-state index in [-0.39, 0.29) is 6.10 Å². The quantitative estimate of drug-likeness (QED) is 0.677. The van der Waals surface area contributed by atoms with Gasteiger partial charge in [0.2, 0.25) is 10.0 Å². The molecule has 1 aliphatic rings. The van der Waals surface area contributed by atoms with Crippen molar-refractivity contribution in [2.24, 2.45) is 0 Å². The average Bonchev–Trinajstić information content (AvgIpc) is 2.64.